The van der Waals surface area contributed by atoms with Crippen LogP contribution in [0.25, 0.3) is 10.9 Å². The molecule has 2 atom stereocenters. The molecule has 6 heteroatoms. The molecule has 3 rings (SSSR count). The summed E-state index contributed by atoms with van der Waals surface area (Å²) in [5.74, 6) is 1.31. The van der Waals surface area contributed by atoms with Gasteiger partial charge in [0.15, 0.2) is 0 Å². The van der Waals surface area contributed by atoms with E-state index >= 15 is 0 Å². The van der Waals surface area contributed by atoms with E-state index < -0.39 is 4.92 Å². The second-order valence-corrected chi connectivity index (χ2v) is 4.64. The van der Waals surface area contributed by atoms with Crippen molar-refractivity contribution in [2.75, 3.05) is 5.32 Å². The third kappa shape index (κ3) is 1.85. The lowest BCUT2D eigenvalue weighted by Gasteiger charge is -2.07. The molecule has 1 aliphatic rings. The van der Waals surface area contributed by atoms with Crippen LogP contribution < -0.4 is 5.32 Å². The minimum absolute atomic E-state index is 0.0594. The van der Waals surface area contributed by atoms with Gasteiger partial charge in [0.05, 0.1) is 10.4 Å². The number of benzene rings is 1. The minimum atomic E-state index is -0.407. The summed E-state index contributed by atoms with van der Waals surface area (Å²) in [4.78, 5) is 18.7. The summed E-state index contributed by atoms with van der Waals surface area (Å²) in [5, 5.41) is 14.8. The quantitative estimate of drug-likeness (QED) is 0.662. The van der Waals surface area contributed by atoms with Crippen molar-refractivity contribution in [1.29, 1.82) is 0 Å². The normalized spacial score (nSPS) is 21.8. The lowest BCUT2D eigenvalue weighted by molar-refractivity contribution is -0.384. The van der Waals surface area contributed by atoms with Gasteiger partial charge in [-0.25, -0.2) is 9.97 Å². The van der Waals surface area contributed by atoms with Crippen LogP contribution in [0.2, 0.25) is 0 Å². The molecular weight excluding hydrogens is 232 g/mol. The molecule has 0 spiro atoms. The van der Waals surface area contributed by atoms with E-state index in [0.717, 1.165) is 6.42 Å². The number of anilines is 1. The number of nitro benzene ring substituents is 1. The fourth-order valence-corrected chi connectivity index (χ4v) is 1.97. The summed E-state index contributed by atoms with van der Waals surface area (Å²) in [7, 11) is 0. The van der Waals surface area contributed by atoms with Crippen molar-refractivity contribution < 1.29 is 4.92 Å². The van der Waals surface area contributed by atoms with Crippen molar-refractivity contribution in [3.8, 4) is 0 Å². The number of hydrogen-bond donors (Lipinski definition) is 1. The van der Waals surface area contributed by atoms with E-state index in [-0.39, 0.29) is 5.69 Å². The van der Waals surface area contributed by atoms with Crippen LogP contribution in [0, 0.1) is 16.0 Å². The largest absolute Gasteiger partial charge is 0.366 e. The molecule has 0 aliphatic heterocycles. The fourth-order valence-electron chi connectivity index (χ4n) is 1.97. The van der Waals surface area contributed by atoms with Crippen molar-refractivity contribution in [2.45, 2.75) is 19.4 Å². The molecule has 2 aromatic rings. The molecule has 1 aromatic heterocycles. The Morgan fingerprint density at radius 2 is 2.22 bits per heavy atom. The molecule has 1 saturated carbocycles. The molecule has 1 N–H and O–H groups in total. The maximum Gasteiger partial charge on any atom is 0.270 e. The van der Waals surface area contributed by atoms with Gasteiger partial charge >= 0.3 is 0 Å². The first-order valence-electron chi connectivity index (χ1n) is 5.81. The number of rotatable bonds is 3. The van der Waals surface area contributed by atoms with Gasteiger partial charge in [-0.1, -0.05) is 6.92 Å². The van der Waals surface area contributed by atoms with Crippen molar-refractivity contribution in [1.82, 2.24) is 9.97 Å². The Morgan fingerprint density at radius 1 is 1.44 bits per heavy atom. The third-order valence-corrected chi connectivity index (χ3v) is 3.26. The van der Waals surface area contributed by atoms with Gasteiger partial charge in [-0.05, 0) is 18.4 Å². The summed E-state index contributed by atoms with van der Waals surface area (Å²) in [5.41, 5.74) is 0.774. The topological polar surface area (TPSA) is 81.0 Å². The highest BCUT2D eigenvalue weighted by Gasteiger charge is 2.33. The summed E-state index contributed by atoms with van der Waals surface area (Å²) in [6.07, 6.45) is 2.59. The molecule has 0 saturated heterocycles. The zero-order valence-corrected chi connectivity index (χ0v) is 9.83. The van der Waals surface area contributed by atoms with Crippen LogP contribution in [-0.2, 0) is 0 Å². The van der Waals surface area contributed by atoms with E-state index in [1.165, 1.54) is 18.5 Å². The first-order valence-corrected chi connectivity index (χ1v) is 5.81. The highest BCUT2D eigenvalue weighted by Crippen LogP contribution is 2.34. The Morgan fingerprint density at radius 3 is 2.89 bits per heavy atom. The number of non-ortho nitro benzene ring substituents is 1. The van der Waals surface area contributed by atoms with Crippen molar-refractivity contribution in [3.63, 3.8) is 0 Å². The van der Waals surface area contributed by atoms with Crippen LogP contribution in [0.15, 0.2) is 24.5 Å². The first-order chi connectivity index (χ1) is 8.65. The van der Waals surface area contributed by atoms with E-state index in [0.29, 0.717) is 28.7 Å². The average Bonchev–Trinajstić information content (AvgIpc) is 3.05. The Hall–Kier alpha value is -2.24. The molecule has 6 nitrogen and oxygen atoms in total. The van der Waals surface area contributed by atoms with Crippen molar-refractivity contribution >= 4 is 22.4 Å². The number of hydrogen-bond acceptors (Lipinski definition) is 5. The Kier molecular flexibility index (Phi) is 2.36. The predicted molar refractivity (Wildman–Crippen MR) is 67.4 cm³/mol. The second-order valence-electron chi connectivity index (χ2n) is 4.64. The molecular formula is C12H12N4O2. The van der Waals surface area contributed by atoms with Crippen LogP contribution in [0.5, 0.6) is 0 Å². The maximum absolute atomic E-state index is 10.8. The number of aromatic nitrogens is 2. The van der Waals surface area contributed by atoms with Gasteiger partial charge in [-0.15, -0.1) is 0 Å². The van der Waals surface area contributed by atoms with Gasteiger partial charge in [0.25, 0.3) is 5.69 Å². The molecule has 2 unspecified atom stereocenters. The maximum atomic E-state index is 10.8. The predicted octanol–water partition coefficient (Wildman–Crippen LogP) is 2.36. The third-order valence-electron chi connectivity index (χ3n) is 3.26. The van der Waals surface area contributed by atoms with Crippen molar-refractivity contribution in [3.05, 3.63) is 34.6 Å². The van der Waals surface area contributed by atoms with Gasteiger partial charge in [0, 0.05) is 23.6 Å². The smallest absolute Gasteiger partial charge is 0.270 e. The summed E-state index contributed by atoms with van der Waals surface area (Å²) < 4.78 is 0. The van der Waals surface area contributed by atoms with Crippen LogP contribution in [-0.4, -0.2) is 20.9 Å². The first kappa shape index (κ1) is 10.9. The molecule has 1 aromatic carbocycles. The average molecular weight is 244 g/mol. The zero-order valence-electron chi connectivity index (χ0n) is 9.83. The summed E-state index contributed by atoms with van der Waals surface area (Å²) in [6.45, 7) is 2.16. The highest BCUT2D eigenvalue weighted by atomic mass is 16.6. The molecule has 1 fully saturated rings. The summed E-state index contributed by atoms with van der Waals surface area (Å²) >= 11 is 0. The van der Waals surface area contributed by atoms with E-state index in [9.17, 15) is 10.1 Å². The number of nitro groups is 1. The lowest BCUT2D eigenvalue weighted by Crippen LogP contribution is -2.06. The van der Waals surface area contributed by atoms with Crippen LogP contribution in [0.1, 0.15) is 13.3 Å². The van der Waals surface area contributed by atoms with E-state index in [4.69, 9.17) is 0 Å². The van der Waals surface area contributed by atoms with E-state index in [1.54, 1.807) is 6.07 Å². The molecule has 1 heterocycles. The number of nitrogens with one attached hydrogen (secondary N) is 1. The van der Waals surface area contributed by atoms with Gasteiger partial charge in [-0.2, -0.15) is 0 Å². The van der Waals surface area contributed by atoms with Crippen LogP contribution in [0.3, 0.4) is 0 Å². The summed E-state index contributed by atoms with van der Waals surface area (Å²) in [6, 6.07) is 5.04. The van der Waals surface area contributed by atoms with Gasteiger partial charge in [0.1, 0.15) is 12.1 Å². The van der Waals surface area contributed by atoms with Gasteiger partial charge in [0.2, 0.25) is 0 Å². The van der Waals surface area contributed by atoms with E-state index in [1.807, 2.05) is 0 Å². The highest BCUT2D eigenvalue weighted by molar-refractivity contribution is 5.90. The molecule has 92 valence electrons. The number of fused-ring (bicyclic) bond motifs is 1. The monoisotopic (exact) mass is 244 g/mol. The van der Waals surface area contributed by atoms with Crippen LogP contribution >= 0.6 is 0 Å². The Bertz CT molecular complexity index is 629. The Labute approximate surface area is 103 Å². The fraction of sp³-hybridized carbons (Fsp3) is 0.333. The van der Waals surface area contributed by atoms with Gasteiger partial charge in [-0.3, -0.25) is 10.1 Å². The Balaban J connectivity index is 2.06. The molecule has 1 aliphatic carbocycles. The van der Waals surface area contributed by atoms with Crippen LogP contribution in [0.4, 0.5) is 11.5 Å². The molecule has 0 amide bonds. The SMILES string of the molecule is CC1CC1Nc1ncnc2ccc([N+](=O)[O-])cc12. The van der Waals surface area contributed by atoms with E-state index in [2.05, 4.69) is 22.2 Å². The molecule has 0 radical (unpaired) electrons. The number of nitrogens with zero attached hydrogens (tertiary/aromatic N) is 3. The zero-order chi connectivity index (χ0) is 12.7. The second kappa shape index (κ2) is 3.90. The minimum Gasteiger partial charge on any atom is -0.366 e. The van der Waals surface area contributed by atoms with Gasteiger partial charge < -0.3 is 5.32 Å². The molecule has 18 heavy (non-hydrogen) atoms. The van der Waals surface area contributed by atoms with Crippen molar-refractivity contribution in [2.24, 2.45) is 5.92 Å². The lowest BCUT2D eigenvalue weighted by atomic mass is 10.2. The molecule has 0 bridgehead atoms. The standard InChI is InChI=1S/C12H12N4O2/c1-7-4-11(7)15-12-9-5-8(16(17)18)2-3-10(9)13-6-14-12/h2-3,5-7,11H,4H2,1H3,(H,13,14,15).